The Morgan fingerprint density at radius 1 is 1.03 bits per heavy atom. The number of pyridine rings is 1. The number of likely N-dealkylation sites (tertiary alicyclic amines) is 1. The number of ketones is 1. The average molecular weight is 445 g/mol. The molecule has 0 saturated carbocycles. The highest BCUT2D eigenvalue weighted by molar-refractivity contribution is 5.95. The van der Waals surface area contributed by atoms with Crippen molar-refractivity contribution in [2.75, 3.05) is 19.7 Å². The van der Waals surface area contributed by atoms with Crippen LogP contribution in [0.4, 0.5) is 4.39 Å². The van der Waals surface area contributed by atoms with Crippen LogP contribution in [0.1, 0.15) is 45.8 Å². The molecule has 33 heavy (non-hydrogen) atoms. The number of ether oxygens (including phenoxy) is 1. The molecule has 3 heterocycles. The van der Waals surface area contributed by atoms with Crippen LogP contribution < -0.4 is 4.74 Å². The van der Waals surface area contributed by atoms with E-state index in [4.69, 9.17) is 4.74 Å². The number of aromatic nitrogens is 1. The number of amides is 1. The molecule has 1 amide bonds. The first-order chi connectivity index (χ1) is 16.1. The van der Waals surface area contributed by atoms with E-state index in [0.29, 0.717) is 30.8 Å². The van der Waals surface area contributed by atoms with Crippen molar-refractivity contribution in [1.29, 1.82) is 0 Å². The number of rotatable bonds is 4. The lowest BCUT2D eigenvalue weighted by Crippen LogP contribution is -2.40. The van der Waals surface area contributed by atoms with Crippen LogP contribution in [0.15, 0.2) is 66.9 Å². The van der Waals surface area contributed by atoms with Crippen molar-refractivity contribution in [2.24, 2.45) is 5.92 Å². The normalized spacial score (nSPS) is 17.2. The molecule has 0 unspecified atom stereocenters. The van der Waals surface area contributed by atoms with Gasteiger partial charge in [-0.3, -0.25) is 9.59 Å². The number of hydrogen-bond acceptors (Lipinski definition) is 4. The lowest BCUT2D eigenvalue weighted by atomic mass is 9.76. The van der Waals surface area contributed by atoms with Crippen LogP contribution in [-0.2, 0) is 11.2 Å². The van der Waals surface area contributed by atoms with E-state index in [1.807, 2.05) is 29.2 Å². The summed E-state index contributed by atoms with van der Waals surface area (Å²) in [6.45, 7) is 1.36. The van der Waals surface area contributed by atoms with Crippen molar-refractivity contribution in [3.8, 4) is 5.75 Å². The van der Waals surface area contributed by atoms with Gasteiger partial charge in [-0.05, 0) is 60.2 Å². The van der Waals surface area contributed by atoms with Crippen LogP contribution in [0.25, 0.3) is 0 Å². The molecule has 1 atom stereocenters. The predicted octanol–water partition coefficient (Wildman–Crippen LogP) is 4.41. The third-order valence-corrected chi connectivity index (χ3v) is 6.65. The van der Waals surface area contributed by atoms with Gasteiger partial charge in [0.1, 0.15) is 12.4 Å². The molecule has 0 radical (unpaired) electrons. The lowest BCUT2D eigenvalue weighted by molar-refractivity contribution is -0.121. The van der Waals surface area contributed by atoms with Gasteiger partial charge in [-0.25, -0.2) is 4.98 Å². The zero-order chi connectivity index (χ0) is 22.8. The topological polar surface area (TPSA) is 59.5 Å². The molecule has 168 valence electrons. The lowest BCUT2D eigenvalue weighted by Gasteiger charge is -2.36. The Morgan fingerprint density at radius 3 is 2.58 bits per heavy atom. The van der Waals surface area contributed by atoms with E-state index >= 15 is 0 Å². The second-order valence-corrected chi connectivity index (χ2v) is 8.76. The van der Waals surface area contributed by atoms with Gasteiger partial charge in [-0.2, -0.15) is 4.39 Å². The molecule has 0 bridgehead atoms. The summed E-state index contributed by atoms with van der Waals surface area (Å²) in [7, 11) is 0. The first-order valence-electron chi connectivity index (χ1n) is 11.3. The van der Waals surface area contributed by atoms with Gasteiger partial charge in [0, 0.05) is 42.8 Å². The van der Waals surface area contributed by atoms with Gasteiger partial charge in [-0.15, -0.1) is 0 Å². The van der Waals surface area contributed by atoms with E-state index in [1.165, 1.54) is 12.3 Å². The zero-order valence-electron chi connectivity index (χ0n) is 18.2. The third kappa shape index (κ3) is 4.51. The second kappa shape index (κ2) is 9.14. The monoisotopic (exact) mass is 444 g/mol. The van der Waals surface area contributed by atoms with E-state index in [0.717, 1.165) is 29.5 Å². The van der Waals surface area contributed by atoms with Crippen molar-refractivity contribution in [3.63, 3.8) is 0 Å². The number of Topliss-reactive ketones (excluding diaryl/α,β-unsaturated/α-hetero) is 1. The predicted molar refractivity (Wildman–Crippen MR) is 122 cm³/mol. The molecule has 2 aromatic carbocycles. The van der Waals surface area contributed by atoms with Crippen molar-refractivity contribution in [3.05, 3.63) is 95.1 Å². The van der Waals surface area contributed by atoms with Crippen LogP contribution in [0.5, 0.6) is 5.75 Å². The maximum absolute atomic E-state index is 13.9. The molecule has 1 aromatic heterocycles. The van der Waals surface area contributed by atoms with Crippen LogP contribution in [0.2, 0.25) is 0 Å². The number of benzene rings is 2. The van der Waals surface area contributed by atoms with E-state index in [1.54, 1.807) is 18.2 Å². The Kier molecular flexibility index (Phi) is 5.90. The number of hydrogen-bond donors (Lipinski definition) is 0. The minimum atomic E-state index is -0.476. The van der Waals surface area contributed by atoms with Crippen molar-refractivity contribution >= 4 is 11.7 Å². The fourth-order valence-electron chi connectivity index (χ4n) is 5.04. The number of halogens is 1. The van der Waals surface area contributed by atoms with Gasteiger partial charge in [0.05, 0.1) is 0 Å². The van der Waals surface area contributed by atoms with Crippen LogP contribution in [0.3, 0.4) is 0 Å². The fraction of sp³-hybridized carbons (Fsp3) is 0.296. The highest BCUT2D eigenvalue weighted by Gasteiger charge is 2.31. The van der Waals surface area contributed by atoms with Gasteiger partial charge in [0.25, 0.3) is 5.91 Å². The van der Waals surface area contributed by atoms with E-state index < -0.39 is 5.95 Å². The molecule has 2 aliphatic heterocycles. The molecule has 3 aromatic rings. The maximum Gasteiger partial charge on any atom is 0.253 e. The maximum atomic E-state index is 13.9. The highest BCUT2D eigenvalue weighted by atomic mass is 19.1. The largest absolute Gasteiger partial charge is 0.486 e. The molecule has 0 aliphatic carbocycles. The Bertz CT molecular complexity index is 1170. The number of carbonyl (C=O) groups excluding carboxylic acids is 2. The van der Waals surface area contributed by atoms with E-state index in [2.05, 4.69) is 17.1 Å². The second-order valence-electron chi connectivity index (χ2n) is 8.76. The summed E-state index contributed by atoms with van der Waals surface area (Å²) in [5, 5.41) is 0. The highest BCUT2D eigenvalue weighted by Crippen LogP contribution is 2.38. The van der Waals surface area contributed by atoms with Gasteiger partial charge < -0.3 is 9.64 Å². The van der Waals surface area contributed by atoms with Gasteiger partial charge in [0.2, 0.25) is 5.95 Å². The zero-order valence-corrected chi connectivity index (χ0v) is 18.2. The summed E-state index contributed by atoms with van der Waals surface area (Å²) in [6.07, 6.45) is 3.47. The third-order valence-electron chi connectivity index (χ3n) is 6.65. The molecule has 5 nitrogen and oxygen atoms in total. The smallest absolute Gasteiger partial charge is 0.253 e. The minimum Gasteiger partial charge on any atom is -0.486 e. The number of carbonyl (C=O) groups is 2. The SMILES string of the molecule is O=C1COc2ccc(C(=O)N3CCC([C@H](c4ccccc4)c4ccnc(F)c4)CC3)cc2C1. The molecule has 6 heteroatoms. The molecular weight excluding hydrogens is 419 g/mol. The van der Waals surface area contributed by atoms with Crippen molar-refractivity contribution < 1.29 is 18.7 Å². The van der Waals surface area contributed by atoms with Gasteiger partial charge in [0.15, 0.2) is 5.78 Å². The van der Waals surface area contributed by atoms with E-state index in [9.17, 15) is 14.0 Å². The number of piperidine rings is 1. The molecule has 1 fully saturated rings. The molecular formula is C27H25FN2O3. The molecule has 5 rings (SSSR count). The summed E-state index contributed by atoms with van der Waals surface area (Å²) in [5.41, 5.74) is 3.42. The van der Waals surface area contributed by atoms with Gasteiger partial charge >= 0.3 is 0 Å². The first kappa shape index (κ1) is 21.3. The molecule has 1 saturated heterocycles. The summed E-state index contributed by atoms with van der Waals surface area (Å²) in [6, 6.07) is 18.9. The Labute approximate surface area is 192 Å². The average Bonchev–Trinajstić information content (AvgIpc) is 2.84. The molecule has 0 spiro atoms. The van der Waals surface area contributed by atoms with Crippen molar-refractivity contribution in [1.82, 2.24) is 9.88 Å². The summed E-state index contributed by atoms with van der Waals surface area (Å²) in [4.78, 5) is 30.5. The first-order valence-corrected chi connectivity index (χ1v) is 11.3. The quantitative estimate of drug-likeness (QED) is 0.560. The van der Waals surface area contributed by atoms with Crippen LogP contribution in [0, 0.1) is 11.9 Å². The molecule has 2 aliphatic rings. The number of nitrogens with zero attached hydrogens (tertiary/aromatic N) is 2. The summed E-state index contributed by atoms with van der Waals surface area (Å²) in [5.74, 6) is 0.532. The van der Waals surface area contributed by atoms with E-state index in [-0.39, 0.29) is 30.1 Å². The summed E-state index contributed by atoms with van der Waals surface area (Å²) < 4.78 is 19.4. The standard InChI is InChI=1S/C27H25FN2O3/c28-25-16-20(8-11-29-25)26(18-4-2-1-3-5-18)19-9-12-30(13-10-19)27(32)21-6-7-24-22(14-21)15-23(31)17-33-24/h1-8,11,14,16,19,26H,9-10,12-13,15,17H2/t26-/m0/s1. The Hall–Kier alpha value is -3.54. The van der Waals surface area contributed by atoms with Crippen LogP contribution in [-0.4, -0.2) is 41.3 Å². The molecule has 0 N–H and O–H groups in total. The Balaban J connectivity index is 1.32. The van der Waals surface area contributed by atoms with Crippen LogP contribution >= 0.6 is 0 Å². The Morgan fingerprint density at radius 2 is 1.82 bits per heavy atom. The fourth-order valence-corrected chi connectivity index (χ4v) is 5.04. The minimum absolute atomic E-state index is 0.0208. The van der Waals surface area contributed by atoms with Crippen molar-refractivity contribution in [2.45, 2.75) is 25.2 Å². The van der Waals surface area contributed by atoms with Gasteiger partial charge in [-0.1, -0.05) is 30.3 Å². The summed E-state index contributed by atoms with van der Waals surface area (Å²) >= 11 is 0. The number of fused-ring (bicyclic) bond motifs is 1.